The summed E-state index contributed by atoms with van der Waals surface area (Å²) in [6.07, 6.45) is 1.52. The summed E-state index contributed by atoms with van der Waals surface area (Å²) in [5.41, 5.74) is 5.19. The number of rotatable bonds is 6. The Morgan fingerprint density at radius 3 is 2.19 bits per heavy atom. The van der Waals surface area contributed by atoms with Crippen molar-refractivity contribution in [3.8, 4) is 0 Å². The van der Waals surface area contributed by atoms with Crippen molar-refractivity contribution in [1.29, 1.82) is 0 Å². The smallest absolute Gasteiger partial charge is 0.242 e. The number of carbonyl (C=O) groups is 2. The Morgan fingerprint density at radius 1 is 1.31 bits per heavy atom. The van der Waals surface area contributed by atoms with Gasteiger partial charge in [0.05, 0.1) is 5.54 Å². The van der Waals surface area contributed by atoms with Crippen LogP contribution >= 0.6 is 0 Å². The quantitative estimate of drug-likeness (QED) is 0.678. The van der Waals surface area contributed by atoms with E-state index in [0.29, 0.717) is 25.8 Å². The van der Waals surface area contributed by atoms with Crippen LogP contribution < -0.4 is 11.1 Å². The van der Waals surface area contributed by atoms with Gasteiger partial charge >= 0.3 is 0 Å². The highest BCUT2D eigenvalue weighted by atomic mass is 16.2. The van der Waals surface area contributed by atoms with Crippen LogP contribution in [0.4, 0.5) is 0 Å². The third kappa shape index (κ3) is 3.81. The van der Waals surface area contributed by atoms with Crippen LogP contribution in [0.1, 0.15) is 33.1 Å². The average molecular weight is 229 g/mol. The molecule has 0 spiro atoms. The zero-order valence-corrected chi connectivity index (χ0v) is 10.7. The Morgan fingerprint density at radius 2 is 1.81 bits per heavy atom. The summed E-state index contributed by atoms with van der Waals surface area (Å²) in [4.78, 5) is 24.6. The van der Waals surface area contributed by atoms with Crippen LogP contribution in [-0.4, -0.2) is 42.9 Å². The van der Waals surface area contributed by atoms with Crippen LogP contribution in [0, 0.1) is 0 Å². The molecular formula is C11H23N3O2. The molecule has 0 bridgehead atoms. The van der Waals surface area contributed by atoms with Crippen LogP contribution in [0.2, 0.25) is 0 Å². The molecule has 2 amide bonds. The molecule has 0 saturated carbocycles. The molecule has 5 nitrogen and oxygen atoms in total. The van der Waals surface area contributed by atoms with Crippen molar-refractivity contribution in [1.82, 2.24) is 10.2 Å². The topological polar surface area (TPSA) is 75.4 Å². The van der Waals surface area contributed by atoms with E-state index < -0.39 is 5.54 Å². The molecule has 0 heterocycles. The van der Waals surface area contributed by atoms with Crippen LogP contribution in [0.15, 0.2) is 0 Å². The van der Waals surface area contributed by atoms with Crippen molar-refractivity contribution in [3.63, 3.8) is 0 Å². The van der Waals surface area contributed by atoms with E-state index in [1.807, 2.05) is 13.8 Å². The summed E-state index contributed by atoms with van der Waals surface area (Å²) in [6, 6.07) is 0. The van der Waals surface area contributed by atoms with E-state index in [4.69, 9.17) is 5.73 Å². The fourth-order valence-corrected chi connectivity index (χ4v) is 1.43. The lowest BCUT2D eigenvalue weighted by atomic mass is 9.92. The van der Waals surface area contributed by atoms with E-state index >= 15 is 0 Å². The molecule has 5 heteroatoms. The van der Waals surface area contributed by atoms with Crippen molar-refractivity contribution in [2.24, 2.45) is 5.73 Å². The maximum Gasteiger partial charge on any atom is 0.242 e. The maximum atomic E-state index is 12.0. The number of hydrogen-bond donors (Lipinski definition) is 2. The number of hydrogen-bond acceptors (Lipinski definition) is 3. The predicted molar refractivity (Wildman–Crippen MR) is 63.8 cm³/mol. The fraction of sp³-hybridized carbons (Fsp3) is 0.818. The monoisotopic (exact) mass is 229 g/mol. The van der Waals surface area contributed by atoms with Gasteiger partial charge in [0, 0.05) is 27.1 Å². The standard InChI is InChI=1S/C11H23N3O2/c1-5-11(12,6-2)10(16)14(4)8-7-9(15)13-3/h5-8,12H2,1-4H3,(H,13,15). The van der Waals surface area contributed by atoms with Gasteiger partial charge in [-0.3, -0.25) is 9.59 Å². The fourth-order valence-electron chi connectivity index (χ4n) is 1.43. The van der Waals surface area contributed by atoms with E-state index in [1.54, 1.807) is 14.1 Å². The average Bonchev–Trinajstić information content (AvgIpc) is 2.33. The van der Waals surface area contributed by atoms with E-state index in [2.05, 4.69) is 5.32 Å². The van der Waals surface area contributed by atoms with Crippen molar-refractivity contribution in [2.75, 3.05) is 20.6 Å². The first kappa shape index (κ1) is 14.9. The number of amides is 2. The van der Waals surface area contributed by atoms with Crippen molar-refractivity contribution < 1.29 is 9.59 Å². The third-order valence-electron chi connectivity index (χ3n) is 2.99. The molecule has 0 aromatic rings. The minimum atomic E-state index is -0.794. The summed E-state index contributed by atoms with van der Waals surface area (Å²) in [7, 11) is 3.26. The second-order valence-electron chi connectivity index (χ2n) is 4.01. The van der Waals surface area contributed by atoms with E-state index in [-0.39, 0.29) is 11.8 Å². The zero-order valence-electron chi connectivity index (χ0n) is 10.7. The van der Waals surface area contributed by atoms with Crippen molar-refractivity contribution >= 4 is 11.8 Å². The summed E-state index contributed by atoms with van der Waals surface area (Å²) >= 11 is 0. The molecular weight excluding hydrogens is 206 g/mol. The molecule has 3 N–H and O–H groups in total. The largest absolute Gasteiger partial charge is 0.359 e. The van der Waals surface area contributed by atoms with E-state index in [9.17, 15) is 9.59 Å². The number of likely N-dealkylation sites (N-methyl/N-ethyl adjacent to an activating group) is 1. The van der Waals surface area contributed by atoms with Gasteiger partial charge in [0.15, 0.2) is 0 Å². The highest BCUT2D eigenvalue weighted by Crippen LogP contribution is 2.14. The Balaban J connectivity index is 4.33. The molecule has 94 valence electrons. The van der Waals surface area contributed by atoms with Gasteiger partial charge in [-0.15, -0.1) is 0 Å². The molecule has 0 atom stereocenters. The number of nitrogens with one attached hydrogen (secondary N) is 1. The second kappa shape index (κ2) is 6.48. The molecule has 0 saturated heterocycles. The Hall–Kier alpha value is -1.10. The van der Waals surface area contributed by atoms with Crippen LogP contribution in [0.5, 0.6) is 0 Å². The maximum absolute atomic E-state index is 12.0. The zero-order chi connectivity index (χ0) is 12.8. The first-order valence-electron chi connectivity index (χ1n) is 5.66. The van der Waals surface area contributed by atoms with Gasteiger partial charge in [-0.2, -0.15) is 0 Å². The van der Waals surface area contributed by atoms with Gasteiger partial charge in [-0.05, 0) is 12.8 Å². The summed E-state index contributed by atoms with van der Waals surface area (Å²) in [6.45, 7) is 4.19. The molecule has 0 aromatic carbocycles. The first-order chi connectivity index (χ1) is 7.41. The molecule has 0 fully saturated rings. The SMILES string of the molecule is CCC(N)(CC)C(=O)N(C)CCC(=O)NC. The number of nitrogens with two attached hydrogens (primary N) is 1. The molecule has 0 aliphatic heterocycles. The number of carbonyl (C=O) groups excluding carboxylic acids is 2. The highest BCUT2D eigenvalue weighted by molar-refractivity contribution is 5.86. The van der Waals surface area contributed by atoms with Gasteiger partial charge in [-0.1, -0.05) is 13.8 Å². The molecule has 0 aliphatic rings. The lowest BCUT2D eigenvalue weighted by molar-refractivity contribution is -0.136. The third-order valence-corrected chi connectivity index (χ3v) is 2.99. The van der Waals surface area contributed by atoms with Gasteiger partial charge in [0.2, 0.25) is 11.8 Å². The normalized spacial score (nSPS) is 11.1. The van der Waals surface area contributed by atoms with E-state index in [1.165, 1.54) is 4.90 Å². The summed E-state index contributed by atoms with van der Waals surface area (Å²) < 4.78 is 0. The molecule has 0 radical (unpaired) electrons. The highest BCUT2D eigenvalue weighted by Gasteiger charge is 2.32. The van der Waals surface area contributed by atoms with Crippen molar-refractivity contribution in [2.45, 2.75) is 38.6 Å². The molecule has 0 unspecified atom stereocenters. The van der Waals surface area contributed by atoms with Crippen LogP contribution in [-0.2, 0) is 9.59 Å². The molecule has 0 aliphatic carbocycles. The Bertz CT molecular complexity index is 250. The lowest BCUT2D eigenvalue weighted by Gasteiger charge is -2.30. The van der Waals surface area contributed by atoms with Gasteiger partial charge < -0.3 is 16.0 Å². The second-order valence-corrected chi connectivity index (χ2v) is 4.01. The molecule has 16 heavy (non-hydrogen) atoms. The predicted octanol–water partition coefficient (Wildman–Crippen LogP) is 0.0984. The Kier molecular flexibility index (Phi) is 6.03. The van der Waals surface area contributed by atoms with E-state index in [0.717, 1.165) is 0 Å². The van der Waals surface area contributed by atoms with Gasteiger partial charge in [0.1, 0.15) is 0 Å². The summed E-state index contributed by atoms with van der Waals surface area (Å²) in [5, 5.41) is 2.52. The minimum absolute atomic E-state index is 0.0738. The van der Waals surface area contributed by atoms with Gasteiger partial charge in [-0.25, -0.2) is 0 Å². The van der Waals surface area contributed by atoms with Crippen LogP contribution in [0.25, 0.3) is 0 Å². The minimum Gasteiger partial charge on any atom is -0.359 e. The molecule has 0 aromatic heterocycles. The Labute approximate surface area is 97.4 Å². The number of nitrogens with zero attached hydrogens (tertiary/aromatic N) is 1. The summed E-state index contributed by atoms with van der Waals surface area (Å²) in [5.74, 6) is -0.170. The molecule has 0 rings (SSSR count). The lowest BCUT2D eigenvalue weighted by Crippen LogP contribution is -2.54. The first-order valence-corrected chi connectivity index (χ1v) is 5.66. The van der Waals surface area contributed by atoms with Crippen LogP contribution in [0.3, 0.4) is 0 Å². The van der Waals surface area contributed by atoms with Gasteiger partial charge in [0.25, 0.3) is 0 Å². The van der Waals surface area contributed by atoms with Crippen molar-refractivity contribution in [3.05, 3.63) is 0 Å².